The van der Waals surface area contributed by atoms with E-state index in [4.69, 9.17) is 14.5 Å². The fraction of sp³-hybridized carbons (Fsp3) is 0.222. The Balaban J connectivity index is 1.46. The average molecular weight is 455 g/mol. The van der Waals surface area contributed by atoms with E-state index < -0.39 is 0 Å². The lowest BCUT2D eigenvalue weighted by atomic mass is 9.98. The van der Waals surface area contributed by atoms with Crippen molar-refractivity contribution in [2.75, 3.05) is 25.7 Å². The van der Waals surface area contributed by atoms with Crippen molar-refractivity contribution in [3.05, 3.63) is 89.2 Å². The molecule has 1 amide bonds. The molecular weight excluding hydrogens is 428 g/mol. The zero-order valence-corrected chi connectivity index (χ0v) is 19.2. The van der Waals surface area contributed by atoms with E-state index >= 15 is 0 Å². The van der Waals surface area contributed by atoms with E-state index in [2.05, 4.69) is 21.3 Å². The molecule has 0 saturated heterocycles. The van der Waals surface area contributed by atoms with Crippen LogP contribution in [0.3, 0.4) is 0 Å². The van der Waals surface area contributed by atoms with Crippen molar-refractivity contribution in [3.8, 4) is 11.5 Å². The molecule has 2 aromatic heterocycles. The van der Waals surface area contributed by atoms with Gasteiger partial charge in [0.25, 0.3) is 5.91 Å². The SMILES string of the molecule is COc1cc2c(cc1OC)CN(c1cc(C(=O)NCc3ccccn3)c3ccccc3n1)CC2. The minimum Gasteiger partial charge on any atom is -0.493 e. The number of nitrogens with zero attached hydrogens (tertiary/aromatic N) is 3. The largest absolute Gasteiger partial charge is 0.493 e. The van der Waals surface area contributed by atoms with Crippen LogP contribution in [-0.4, -0.2) is 36.6 Å². The fourth-order valence-electron chi connectivity index (χ4n) is 4.36. The molecule has 0 spiro atoms. The summed E-state index contributed by atoms with van der Waals surface area (Å²) in [4.78, 5) is 24.6. The van der Waals surface area contributed by atoms with E-state index in [1.807, 2.05) is 54.6 Å². The number of hydrogen-bond acceptors (Lipinski definition) is 6. The summed E-state index contributed by atoms with van der Waals surface area (Å²) >= 11 is 0. The Morgan fingerprint density at radius 1 is 1.00 bits per heavy atom. The number of ether oxygens (including phenoxy) is 2. The Hall–Kier alpha value is -4.13. The number of fused-ring (bicyclic) bond motifs is 2. The Morgan fingerprint density at radius 3 is 2.53 bits per heavy atom. The monoisotopic (exact) mass is 454 g/mol. The number of carbonyl (C=O) groups is 1. The van der Waals surface area contributed by atoms with Crippen molar-refractivity contribution in [2.24, 2.45) is 0 Å². The predicted molar refractivity (Wildman–Crippen MR) is 131 cm³/mol. The quantitative estimate of drug-likeness (QED) is 0.472. The van der Waals surface area contributed by atoms with E-state index in [0.717, 1.165) is 41.1 Å². The van der Waals surface area contributed by atoms with Gasteiger partial charge in [-0.3, -0.25) is 9.78 Å². The lowest BCUT2D eigenvalue weighted by Gasteiger charge is -2.31. The van der Waals surface area contributed by atoms with Gasteiger partial charge in [-0.2, -0.15) is 0 Å². The van der Waals surface area contributed by atoms with Gasteiger partial charge in [0, 0.05) is 24.7 Å². The molecule has 1 N–H and O–H groups in total. The Bertz CT molecular complexity index is 1340. The summed E-state index contributed by atoms with van der Waals surface area (Å²) in [6, 6.07) is 19.4. The predicted octanol–water partition coefficient (Wildman–Crippen LogP) is 4.14. The molecule has 1 aliphatic rings. The highest BCUT2D eigenvalue weighted by atomic mass is 16.5. The Labute approximate surface area is 198 Å². The van der Waals surface area contributed by atoms with Crippen molar-refractivity contribution in [1.82, 2.24) is 15.3 Å². The molecule has 7 heteroatoms. The van der Waals surface area contributed by atoms with Crippen molar-refractivity contribution in [2.45, 2.75) is 19.5 Å². The number of aromatic nitrogens is 2. The van der Waals surface area contributed by atoms with Gasteiger partial charge in [-0.1, -0.05) is 24.3 Å². The summed E-state index contributed by atoms with van der Waals surface area (Å²) in [6.07, 6.45) is 2.58. The number of para-hydroxylation sites is 1. The third kappa shape index (κ3) is 4.24. The first kappa shape index (κ1) is 21.7. The molecule has 2 aromatic carbocycles. The first-order valence-electron chi connectivity index (χ1n) is 11.2. The molecule has 172 valence electrons. The van der Waals surface area contributed by atoms with Gasteiger partial charge < -0.3 is 19.7 Å². The summed E-state index contributed by atoms with van der Waals surface area (Å²) in [5.74, 6) is 2.09. The minimum atomic E-state index is -0.144. The van der Waals surface area contributed by atoms with Crippen molar-refractivity contribution in [1.29, 1.82) is 0 Å². The normalized spacial score (nSPS) is 12.8. The maximum atomic E-state index is 13.2. The standard InChI is InChI=1S/C27H26N4O3/c1-33-24-13-18-10-12-31(17-19(18)14-25(24)34-2)26-15-22(21-8-3-4-9-23(21)30-26)27(32)29-16-20-7-5-6-11-28-20/h3-9,11,13-15H,10,12,16-17H2,1-2H3,(H,29,32). The zero-order chi connectivity index (χ0) is 23.5. The average Bonchev–Trinajstić information content (AvgIpc) is 2.90. The molecule has 0 unspecified atom stereocenters. The van der Waals surface area contributed by atoms with Crippen LogP contribution in [0.15, 0.2) is 66.9 Å². The molecule has 4 aromatic rings. The van der Waals surface area contributed by atoms with Crippen LogP contribution in [0.4, 0.5) is 5.82 Å². The molecule has 5 rings (SSSR count). The first-order valence-corrected chi connectivity index (χ1v) is 11.2. The molecule has 0 fully saturated rings. The molecule has 34 heavy (non-hydrogen) atoms. The van der Waals surface area contributed by atoms with Gasteiger partial charge in [-0.15, -0.1) is 0 Å². The number of pyridine rings is 2. The van der Waals surface area contributed by atoms with Crippen molar-refractivity contribution >= 4 is 22.6 Å². The zero-order valence-electron chi connectivity index (χ0n) is 19.2. The molecule has 0 saturated carbocycles. The number of nitrogens with one attached hydrogen (secondary N) is 1. The van der Waals surface area contributed by atoms with Gasteiger partial charge in [-0.05, 0) is 53.9 Å². The third-order valence-corrected chi connectivity index (χ3v) is 6.15. The lowest BCUT2D eigenvalue weighted by molar-refractivity contribution is 0.0952. The molecule has 0 atom stereocenters. The van der Waals surface area contributed by atoms with Gasteiger partial charge in [-0.25, -0.2) is 4.98 Å². The number of benzene rings is 2. The van der Waals surface area contributed by atoms with Crippen LogP contribution in [0.25, 0.3) is 10.9 Å². The number of carbonyl (C=O) groups excluding carboxylic acids is 1. The number of methoxy groups -OCH3 is 2. The van der Waals surface area contributed by atoms with Gasteiger partial charge in [0.05, 0.1) is 37.5 Å². The topological polar surface area (TPSA) is 76.6 Å². The summed E-state index contributed by atoms with van der Waals surface area (Å²) in [7, 11) is 3.30. The number of anilines is 1. The summed E-state index contributed by atoms with van der Waals surface area (Å²) in [5, 5.41) is 3.83. The number of hydrogen-bond donors (Lipinski definition) is 1. The van der Waals surface area contributed by atoms with E-state index in [0.29, 0.717) is 24.4 Å². The first-order chi connectivity index (χ1) is 16.7. The van der Waals surface area contributed by atoms with Gasteiger partial charge >= 0.3 is 0 Å². The van der Waals surface area contributed by atoms with Gasteiger partial charge in [0.2, 0.25) is 0 Å². The maximum absolute atomic E-state index is 13.2. The van der Waals surface area contributed by atoms with Gasteiger partial charge in [0.1, 0.15) is 5.82 Å². The highest BCUT2D eigenvalue weighted by molar-refractivity contribution is 6.07. The molecule has 0 aliphatic carbocycles. The second-order valence-corrected chi connectivity index (χ2v) is 8.20. The molecule has 0 radical (unpaired) electrons. The van der Waals surface area contributed by atoms with E-state index in [1.54, 1.807) is 20.4 Å². The highest BCUT2D eigenvalue weighted by Gasteiger charge is 2.22. The summed E-state index contributed by atoms with van der Waals surface area (Å²) in [6.45, 7) is 1.84. The van der Waals surface area contributed by atoms with Gasteiger partial charge in [0.15, 0.2) is 11.5 Å². The molecule has 3 heterocycles. The minimum absolute atomic E-state index is 0.144. The van der Waals surface area contributed by atoms with Crippen molar-refractivity contribution < 1.29 is 14.3 Å². The summed E-state index contributed by atoms with van der Waals surface area (Å²) in [5.41, 5.74) is 4.62. The second-order valence-electron chi connectivity index (χ2n) is 8.20. The number of amides is 1. The highest BCUT2D eigenvalue weighted by Crippen LogP contribution is 2.34. The fourth-order valence-corrected chi connectivity index (χ4v) is 4.36. The van der Waals surface area contributed by atoms with Crippen LogP contribution >= 0.6 is 0 Å². The maximum Gasteiger partial charge on any atom is 0.252 e. The van der Waals surface area contributed by atoms with Crippen LogP contribution in [-0.2, 0) is 19.5 Å². The molecule has 1 aliphatic heterocycles. The van der Waals surface area contributed by atoms with E-state index in [1.165, 1.54) is 11.1 Å². The van der Waals surface area contributed by atoms with E-state index in [9.17, 15) is 4.79 Å². The third-order valence-electron chi connectivity index (χ3n) is 6.15. The Kier molecular flexibility index (Phi) is 5.99. The Morgan fingerprint density at radius 2 is 1.76 bits per heavy atom. The van der Waals surface area contributed by atoms with Crippen LogP contribution in [0.5, 0.6) is 11.5 Å². The summed E-state index contributed by atoms with van der Waals surface area (Å²) < 4.78 is 11.0. The smallest absolute Gasteiger partial charge is 0.252 e. The van der Waals surface area contributed by atoms with Crippen molar-refractivity contribution in [3.63, 3.8) is 0 Å². The number of rotatable bonds is 6. The molecule has 0 bridgehead atoms. The van der Waals surface area contributed by atoms with Crippen LogP contribution in [0.2, 0.25) is 0 Å². The second kappa shape index (κ2) is 9.39. The van der Waals surface area contributed by atoms with E-state index in [-0.39, 0.29) is 5.91 Å². The molecule has 7 nitrogen and oxygen atoms in total. The lowest BCUT2D eigenvalue weighted by Crippen LogP contribution is -2.31. The van der Waals surface area contributed by atoms with Crippen LogP contribution < -0.4 is 19.7 Å². The molecular formula is C27H26N4O3. The van der Waals surface area contributed by atoms with Crippen LogP contribution in [0.1, 0.15) is 27.2 Å². The van der Waals surface area contributed by atoms with Crippen LogP contribution in [0, 0.1) is 0 Å².